The first kappa shape index (κ1) is 13.8. The van der Waals surface area contributed by atoms with E-state index in [-0.39, 0.29) is 5.91 Å². The van der Waals surface area contributed by atoms with E-state index in [0.717, 1.165) is 10.1 Å². The van der Waals surface area contributed by atoms with E-state index in [2.05, 4.69) is 14.8 Å². The molecule has 0 unspecified atom stereocenters. The van der Waals surface area contributed by atoms with Gasteiger partial charge >= 0.3 is 0 Å². The van der Waals surface area contributed by atoms with Gasteiger partial charge in [-0.2, -0.15) is 4.37 Å². The lowest BCUT2D eigenvalue weighted by molar-refractivity contribution is 0.0950. The maximum Gasteiger partial charge on any atom is 0.268 e. The van der Waals surface area contributed by atoms with Gasteiger partial charge in [0.2, 0.25) is 0 Å². The van der Waals surface area contributed by atoms with Crippen molar-refractivity contribution in [3.63, 3.8) is 0 Å². The zero-order valence-electron chi connectivity index (χ0n) is 9.91. The minimum Gasteiger partial charge on any atom is -0.492 e. The Morgan fingerprint density at radius 3 is 3.05 bits per heavy atom. The Kier molecular flexibility index (Phi) is 5.13. The van der Waals surface area contributed by atoms with Crippen LogP contribution in [0.4, 0.5) is 0 Å². The van der Waals surface area contributed by atoms with Gasteiger partial charge in [0, 0.05) is 5.75 Å². The Morgan fingerprint density at radius 1 is 1.47 bits per heavy atom. The molecule has 0 atom stereocenters. The summed E-state index contributed by atoms with van der Waals surface area (Å²) in [7, 11) is 0. The molecular formula is C11H12N4O2S2. The first-order chi connectivity index (χ1) is 9.31. The number of hydrogen-bond acceptors (Lipinski definition) is 7. The van der Waals surface area contributed by atoms with Crippen molar-refractivity contribution in [3.05, 3.63) is 36.2 Å². The van der Waals surface area contributed by atoms with Crippen LogP contribution >= 0.6 is 23.3 Å². The minimum absolute atomic E-state index is 0.368. The molecule has 2 aromatic rings. The van der Waals surface area contributed by atoms with Gasteiger partial charge < -0.3 is 4.74 Å². The van der Waals surface area contributed by atoms with Crippen molar-refractivity contribution in [1.29, 1.82) is 0 Å². The van der Waals surface area contributed by atoms with E-state index in [1.165, 1.54) is 17.9 Å². The Morgan fingerprint density at radius 2 is 2.32 bits per heavy atom. The highest BCUT2D eigenvalue weighted by atomic mass is 32.2. The fraction of sp³-hybridized carbons (Fsp3) is 0.182. The number of para-hydroxylation sites is 1. The SMILES string of the molecule is NNC(=O)c1ccccc1OCCSc1ncns1. The van der Waals surface area contributed by atoms with Crippen LogP contribution in [-0.4, -0.2) is 27.6 Å². The highest BCUT2D eigenvalue weighted by Gasteiger charge is 2.10. The second-order valence-electron chi connectivity index (χ2n) is 3.37. The van der Waals surface area contributed by atoms with Crippen molar-refractivity contribution in [2.45, 2.75) is 4.34 Å². The summed E-state index contributed by atoms with van der Waals surface area (Å²) in [6.45, 7) is 0.471. The van der Waals surface area contributed by atoms with Gasteiger partial charge in [0.1, 0.15) is 12.1 Å². The van der Waals surface area contributed by atoms with Gasteiger partial charge in [0.25, 0.3) is 5.91 Å². The van der Waals surface area contributed by atoms with Crippen molar-refractivity contribution < 1.29 is 9.53 Å². The van der Waals surface area contributed by atoms with Crippen molar-refractivity contribution in [1.82, 2.24) is 14.8 Å². The number of thioether (sulfide) groups is 1. The first-order valence-corrected chi connectivity index (χ1v) is 7.19. The van der Waals surface area contributed by atoms with Gasteiger partial charge in [0.05, 0.1) is 12.2 Å². The standard InChI is InChI=1S/C11H12N4O2S2/c12-15-10(16)8-3-1-2-4-9(8)17-5-6-18-11-13-7-14-19-11/h1-4,7H,5-6,12H2,(H,15,16). The van der Waals surface area contributed by atoms with Crippen LogP contribution in [0.5, 0.6) is 5.75 Å². The van der Waals surface area contributed by atoms with Crippen LogP contribution < -0.4 is 16.0 Å². The van der Waals surface area contributed by atoms with E-state index in [4.69, 9.17) is 10.6 Å². The highest BCUT2D eigenvalue weighted by Crippen LogP contribution is 2.20. The molecule has 0 spiro atoms. The highest BCUT2D eigenvalue weighted by molar-refractivity contribution is 8.00. The average Bonchev–Trinajstić information content (AvgIpc) is 2.96. The number of hydrogen-bond donors (Lipinski definition) is 2. The Bertz CT molecular complexity index is 533. The second-order valence-corrected chi connectivity index (χ2v) is 5.50. The molecule has 0 aliphatic rings. The summed E-state index contributed by atoms with van der Waals surface area (Å²) >= 11 is 2.91. The van der Waals surface area contributed by atoms with Crippen molar-refractivity contribution in [3.8, 4) is 5.75 Å². The van der Waals surface area contributed by atoms with Gasteiger partial charge in [-0.25, -0.2) is 10.8 Å². The molecule has 0 fully saturated rings. The molecule has 0 radical (unpaired) electrons. The van der Waals surface area contributed by atoms with Crippen LogP contribution in [0, 0.1) is 0 Å². The van der Waals surface area contributed by atoms with Gasteiger partial charge in [-0.3, -0.25) is 10.2 Å². The van der Waals surface area contributed by atoms with Crippen molar-refractivity contribution in [2.75, 3.05) is 12.4 Å². The molecular weight excluding hydrogens is 284 g/mol. The van der Waals surface area contributed by atoms with Gasteiger partial charge in [-0.15, -0.1) is 0 Å². The van der Waals surface area contributed by atoms with Crippen LogP contribution in [0.25, 0.3) is 0 Å². The lowest BCUT2D eigenvalue weighted by Crippen LogP contribution is -2.30. The molecule has 0 aliphatic carbocycles. The Balaban J connectivity index is 1.87. The molecule has 0 bridgehead atoms. The predicted octanol–water partition coefficient (Wildman–Crippen LogP) is 1.31. The molecule has 1 heterocycles. The first-order valence-electron chi connectivity index (χ1n) is 5.43. The van der Waals surface area contributed by atoms with E-state index in [0.29, 0.717) is 17.9 Å². The molecule has 0 saturated heterocycles. The summed E-state index contributed by atoms with van der Waals surface area (Å²) in [6.07, 6.45) is 1.52. The van der Waals surface area contributed by atoms with E-state index in [1.807, 2.05) is 0 Å². The van der Waals surface area contributed by atoms with Crippen molar-refractivity contribution >= 4 is 29.2 Å². The minimum atomic E-state index is -0.368. The number of nitrogens with two attached hydrogens (primary N) is 1. The predicted molar refractivity (Wildman–Crippen MR) is 74.2 cm³/mol. The topological polar surface area (TPSA) is 90.1 Å². The number of ether oxygens (including phenoxy) is 1. The number of nitrogen functional groups attached to an aromatic ring is 1. The Labute approximate surface area is 118 Å². The molecule has 6 nitrogen and oxygen atoms in total. The molecule has 1 amide bonds. The lowest BCUT2D eigenvalue weighted by Gasteiger charge is -2.09. The number of carbonyl (C=O) groups excluding carboxylic acids is 1. The average molecular weight is 296 g/mol. The van der Waals surface area contributed by atoms with Gasteiger partial charge in [-0.1, -0.05) is 23.9 Å². The van der Waals surface area contributed by atoms with Crippen LogP contribution in [0.15, 0.2) is 34.9 Å². The van der Waals surface area contributed by atoms with Crippen LogP contribution in [-0.2, 0) is 0 Å². The van der Waals surface area contributed by atoms with E-state index >= 15 is 0 Å². The molecule has 2 rings (SSSR count). The molecule has 1 aromatic carbocycles. The summed E-state index contributed by atoms with van der Waals surface area (Å²) in [5.41, 5.74) is 2.52. The quantitative estimate of drug-likeness (QED) is 0.275. The van der Waals surface area contributed by atoms with Crippen LogP contribution in [0.2, 0.25) is 0 Å². The molecule has 1 aromatic heterocycles. The molecule has 8 heteroatoms. The summed E-state index contributed by atoms with van der Waals surface area (Å²) in [6, 6.07) is 6.96. The number of amides is 1. The third-order valence-corrected chi connectivity index (χ3v) is 3.93. The molecule has 19 heavy (non-hydrogen) atoms. The molecule has 0 saturated carbocycles. The maximum absolute atomic E-state index is 11.5. The van der Waals surface area contributed by atoms with E-state index < -0.39 is 0 Å². The van der Waals surface area contributed by atoms with Crippen molar-refractivity contribution in [2.24, 2.45) is 5.84 Å². The fourth-order valence-electron chi connectivity index (χ4n) is 1.37. The normalized spacial score (nSPS) is 10.2. The van der Waals surface area contributed by atoms with E-state index in [1.54, 1.807) is 36.0 Å². The molecule has 3 N–H and O–H groups in total. The number of nitrogens with one attached hydrogen (secondary N) is 1. The van der Waals surface area contributed by atoms with Gasteiger partial charge in [0.15, 0.2) is 4.34 Å². The smallest absolute Gasteiger partial charge is 0.268 e. The maximum atomic E-state index is 11.5. The number of benzene rings is 1. The zero-order valence-corrected chi connectivity index (χ0v) is 11.5. The number of hydrazine groups is 1. The van der Waals surface area contributed by atoms with Crippen LogP contribution in [0.3, 0.4) is 0 Å². The number of nitrogens with zero attached hydrogens (tertiary/aromatic N) is 2. The third-order valence-electron chi connectivity index (χ3n) is 2.17. The second kappa shape index (κ2) is 7.07. The summed E-state index contributed by atoms with van der Waals surface area (Å²) < 4.78 is 10.4. The number of carbonyl (C=O) groups is 1. The number of aromatic nitrogens is 2. The van der Waals surface area contributed by atoms with E-state index in [9.17, 15) is 4.79 Å². The lowest BCUT2D eigenvalue weighted by atomic mass is 10.2. The summed E-state index contributed by atoms with van der Waals surface area (Å²) in [5, 5.41) is 0. The number of rotatable bonds is 6. The third kappa shape index (κ3) is 3.91. The largest absolute Gasteiger partial charge is 0.492 e. The molecule has 0 aliphatic heterocycles. The molecule has 100 valence electrons. The fourth-order valence-corrected chi connectivity index (χ4v) is 2.70. The summed E-state index contributed by atoms with van der Waals surface area (Å²) in [4.78, 5) is 15.6. The van der Waals surface area contributed by atoms with Crippen LogP contribution in [0.1, 0.15) is 10.4 Å². The monoisotopic (exact) mass is 296 g/mol. The zero-order chi connectivity index (χ0) is 13.5. The summed E-state index contributed by atoms with van der Waals surface area (Å²) in [5.74, 6) is 6.00. The van der Waals surface area contributed by atoms with Gasteiger partial charge in [-0.05, 0) is 23.7 Å². The Hall–Kier alpha value is -1.64.